The third-order valence-electron chi connectivity index (χ3n) is 4.53. The zero-order valence-electron chi connectivity index (χ0n) is 18.0. The van der Waals surface area contributed by atoms with Gasteiger partial charge in [0.15, 0.2) is 0 Å². The highest BCUT2D eigenvalue weighted by atomic mass is 35.5. The lowest BCUT2D eigenvalue weighted by Crippen LogP contribution is -2.25. The van der Waals surface area contributed by atoms with Gasteiger partial charge in [0.05, 0.1) is 22.3 Å². The Hall–Kier alpha value is -3.36. The van der Waals surface area contributed by atoms with Gasteiger partial charge >= 0.3 is 5.97 Å². The first-order valence-corrected chi connectivity index (χ1v) is 11.2. The Labute approximate surface area is 198 Å². The summed E-state index contributed by atoms with van der Waals surface area (Å²) >= 11 is 6.93. The number of nitrogens with zero attached hydrogens (tertiary/aromatic N) is 2. The fourth-order valence-electron chi connectivity index (χ4n) is 3.09. The van der Waals surface area contributed by atoms with Crippen molar-refractivity contribution in [2.45, 2.75) is 26.4 Å². The van der Waals surface area contributed by atoms with E-state index in [9.17, 15) is 14.0 Å². The molecule has 4 rings (SSSR count). The van der Waals surface area contributed by atoms with Gasteiger partial charge in [0, 0.05) is 10.9 Å². The molecule has 1 N–H and O–H groups in total. The maximum Gasteiger partial charge on any atom is 0.342 e. The number of para-hydroxylation sites is 2. The molecule has 1 amide bonds. The lowest BCUT2D eigenvalue weighted by atomic mass is 10.0. The molecule has 0 aliphatic heterocycles. The molecule has 0 bridgehead atoms. The van der Waals surface area contributed by atoms with Crippen LogP contribution in [0.15, 0.2) is 54.0 Å². The Morgan fingerprint density at radius 3 is 2.55 bits per heavy atom. The number of thiophene rings is 1. The van der Waals surface area contributed by atoms with E-state index in [1.165, 1.54) is 18.3 Å². The van der Waals surface area contributed by atoms with Crippen LogP contribution in [0.1, 0.15) is 41.6 Å². The van der Waals surface area contributed by atoms with Crippen molar-refractivity contribution in [1.82, 2.24) is 9.97 Å². The van der Waals surface area contributed by atoms with Crippen LogP contribution >= 0.6 is 22.9 Å². The number of rotatable bonds is 4. The number of nitrogens with one attached hydrogen (secondary N) is 1. The zero-order chi connectivity index (χ0) is 23.8. The second kappa shape index (κ2) is 8.88. The molecule has 0 aliphatic carbocycles. The second-order valence-corrected chi connectivity index (χ2v) is 9.47. The summed E-state index contributed by atoms with van der Waals surface area (Å²) in [6.07, 6.45) is 1.37. The molecule has 2 heterocycles. The maximum atomic E-state index is 14.1. The molecule has 0 fully saturated rings. The maximum absolute atomic E-state index is 14.1. The molecule has 6 nitrogen and oxygen atoms in total. The van der Waals surface area contributed by atoms with Crippen LogP contribution < -0.4 is 5.32 Å². The van der Waals surface area contributed by atoms with Crippen molar-refractivity contribution in [3.63, 3.8) is 0 Å². The van der Waals surface area contributed by atoms with Gasteiger partial charge in [-0.25, -0.2) is 14.2 Å². The number of carbonyl (C=O) groups is 2. The van der Waals surface area contributed by atoms with E-state index in [1.807, 2.05) is 6.07 Å². The number of hydrogen-bond acceptors (Lipinski definition) is 6. The first-order chi connectivity index (χ1) is 15.6. The number of hydrogen-bond donors (Lipinski definition) is 1. The molecular weight excluding hydrogens is 465 g/mol. The number of esters is 1. The van der Waals surface area contributed by atoms with Gasteiger partial charge in [-0.2, -0.15) is 0 Å². The van der Waals surface area contributed by atoms with Gasteiger partial charge in [-0.3, -0.25) is 9.78 Å². The number of amides is 1. The van der Waals surface area contributed by atoms with Gasteiger partial charge in [-0.05, 0) is 50.6 Å². The minimum Gasteiger partial charge on any atom is -0.456 e. The molecule has 33 heavy (non-hydrogen) atoms. The lowest BCUT2D eigenvalue weighted by Gasteiger charge is -2.20. The van der Waals surface area contributed by atoms with E-state index in [0.29, 0.717) is 22.2 Å². The third-order valence-corrected chi connectivity index (χ3v) is 5.73. The van der Waals surface area contributed by atoms with E-state index >= 15 is 0 Å². The first-order valence-electron chi connectivity index (χ1n) is 9.96. The smallest absolute Gasteiger partial charge is 0.342 e. The summed E-state index contributed by atoms with van der Waals surface area (Å²) in [5.74, 6) is -1.80. The van der Waals surface area contributed by atoms with E-state index < -0.39 is 23.3 Å². The first kappa shape index (κ1) is 22.8. The SMILES string of the molecule is CC(C)(C)OC(=O)c1c(-c2ccc(Cl)c(F)c2)csc1NC(=O)c1cnc2ccccc2n1. The third kappa shape index (κ3) is 5.02. The number of carbonyl (C=O) groups excluding carboxylic acids is 2. The van der Waals surface area contributed by atoms with Crippen molar-refractivity contribution in [3.05, 3.63) is 76.1 Å². The average molecular weight is 484 g/mol. The number of anilines is 1. The van der Waals surface area contributed by atoms with Gasteiger partial charge in [0.25, 0.3) is 5.91 Å². The summed E-state index contributed by atoms with van der Waals surface area (Å²) in [6.45, 7) is 5.21. The minimum atomic E-state index is -0.771. The summed E-state index contributed by atoms with van der Waals surface area (Å²) in [7, 11) is 0. The molecule has 0 saturated heterocycles. The largest absolute Gasteiger partial charge is 0.456 e. The number of aromatic nitrogens is 2. The molecule has 0 spiro atoms. The summed E-state index contributed by atoms with van der Waals surface area (Å²) < 4.78 is 19.7. The van der Waals surface area contributed by atoms with E-state index in [-0.39, 0.29) is 21.3 Å². The van der Waals surface area contributed by atoms with Crippen molar-refractivity contribution in [1.29, 1.82) is 0 Å². The second-order valence-electron chi connectivity index (χ2n) is 8.18. The van der Waals surface area contributed by atoms with E-state index in [4.69, 9.17) is 16.3 Å². The van der Waals surface area contributed by atoms with Crippen LogP contribution in [0.4, 0.5) is 9.39 Å². The highest BCUT2D eigenvalue weighted by Crippen LogP contribution is 2.38. The molecular formula is C24H19ClFN3O3S. The monoisotopic (exact) mass is 483 g/mol. The highest BCUT2D eigenvalue weighted by molar-refractivity contribution is 7.15. The van der Waals surface area contributed by atoms with Gasteiger partial charge in [-0.15, -0.1) is 11.3 Å². The summed E-state index contributed by atoms with van der Waals surface area (Å²) in [6, 6.07) is 11.4. The highest BCUT2D eigenvalue weighted by Gasteiger charge is 2.27. The Balaban J connectivity index is 1.73. The Morgan fingerprint density at radius 2 is 1.85 bits per heavy atom. The van der Waals surface area contributed by atoms with Crippen LogP contribution in [0.2, 0.25) is 5.02 Å². The van der Waals surface area contributed by atoms with Gasteiger partial charge in [-0.1, -0.05) is 29.8 Å². The van der Waals surface area contributed by atoms with Crippen molar-refractivity contribution >= 4 is 50.8 Å². The normalized spacial score (nSPS) is 11.4. The molecule has 9 heteroatoms. The molecule has 0 saturated carbocycles. The summed E-state index contributed by atoms with van der Waals surface area (Å²) in [4.78, 5) is 34.6. The van der Waals surface area contributed by atoms with Crippen LogP contribution in [0, 0.1) is 5.82 Å². The van der Waals surface area contributed by atoms with Crippen LogP contribution in [0.5, 0.6) is 0 Å². The molecule has 0 radical (unpaired) electrons. The molecule has 0 aliphatic rings. The quantitative estimate of drug-likeness (QED) is 0.341. The fraction of sp³-hybridized carbons (Fsp3) is 0.167. The van der Waals surface area contributed by atoms with Gasteiger partial charge < -0.3 is 10.1 Å². The van der Waals surface area contributed by atoms with Crippen molar-refractivity contribution < 1.29 is 18.7 Å². The number of ether oxygens (including phenoxy) is 1. The molecule has 2 aromatic carbocycles. The van der Waals surface area contributed by atoms with Gasteiger partial charge in [0.1, 0.15) is 27.7 Å². The topological polar surface area (TPSA) is 81.2 Å². The predicted octanol–water partition coefficient (Wildman–Crippen LogP) is 6.36. The van der Waals surface area contributed by atoms with Crippen molar-refractivity contribution in [2.24, 2.45) is 0 Å². The fourth-order valence-corrected chi connectivity index (χ4v) is 4.16. The molecule has 2 aromatic heterocycles. The van der Waals surface area contributed by atoms with E-state index in [1.54, 1.807) is 50.4 Å². The van der Waals surface area contributed by atoms with Crippen LogP contribution in [0.3, 0.4) is 0 Å². The summed E-state index contributed by atoms with van der Waals surface area (Å²) in [5.41, 5.74) is 1.53. The van der Waals surface area contributed by atoms with Gasteiger partial charge in [0.2, 0.25) is 0 Å². The average Bonchev–Trinajstić information content (AvgIpc) is 3.17. The molecule has 0 atom stereocenters. The standard InChI is InChI=1S/C24H19ClFN3O3S/c1-24(2,3)32-23(31)20-14(13-8-9-15(25)16(26)10-13)12-33-22(20)29-21(30)19-11-27-17-6-4-5-7-18(17)28-19/h4-12H,1-3H3,(H,29,30). The van der Waals surface area contributed by atoms with Crippen molar-refractivity contribution in [2.75, 3.05) is 5.32 Å². The van der Waals surface area contributed by atoms with Crippen LogP contribution in [-0.4, -0.2) is 27.4 Å². The predicted molar refractivity (Wildman–Crippen MR) is 127 cm³/mol. The zero-order valence-corrected chi connectivity index (χ0v) is 19.6. The Bertz CT molecular complexity index is 1380. The minimum absolute atomic E-state index is 0.0313. The van der Waals surface area contributed by atoms with E-state index in [0.717, 1.165) is 11.3 Å². The van der Waals surface area contributed by atoms with Crippen molar-refractivity contribution in [3.8, 4) is 11.1 Å². The Kier molecular flexibility index (Phi) is 6.14. The van der Waals surface area contributed by atoms with Crippen LogP contribution in [-0.2, 0) is 4.74 Å². The number of benzene rings is 2. The molecule has 4 aromatic rings. The molecule has 168 valence electrons. The van der Waals surface area contributed by atoms with Crippen LogP contribution in [0.25, 0.3) is 22.2 Å². The Morgan fingerprint density at radius 1 is 1.12 bits per heavy atom. The lowest BCUT2D eigenvalue weighted by molar-refractivity contribution is 0.00721. The van der Waals surface area contributed by atoms with E-state index in [2.05, 4.69) is 15.3 Å². The number of halogens is 2. The molecule has 0 unspecified atom stereocenters. The summed E-state index contributed by atoms with van der Waals surface area (Å²) in [5, 5.41) is 4.61. The number of fused-ring (bicyclic) bond motifs is 1.